The van der Waals surface area contributed by atoms with Crippen LogP contribution in [0.1, 0.15) is 49.7 Å². The van der Waals surface area contributed by atoms with Gasteiger partial charge in [0.2, 0.25) is 5.91 Å². The van der Waals surface area contributed by atoms with Crippen LogP contribution in [0.3, 0.4) is 0 Å². The maximum Gasteiger partial charge on any atom is 0.233 e. The molecule has 0 saturated carbocycles. The Morgan fingerprint density at radius 1 is 0.920 bits per heavy atom. The quantitative estimate of drug-likeness (QED) is 0.514. The average Bonchev–Trinajstić information content (AvgIpc) is 2.65. The van der Waals surface area contributed by atoms with E-state index in [9.17, 15) is 4.79 Å². The molecule has 2 aromatic rings. The number of carbonyl (C=O) groups excluding carboxylic acids is 1. The molecule has 0 aromatic heterocycles. The van der Waals surface area contributed by atoms with Crippen molar-refractivity contribution in [2.24, 2.45) is 0 Å². The molecule has 0 radical (unpaired) electrons. The van der Waals surface area contributed by atoms with Crippen LogP contribution in [0.25, 0.3) is 0 Å². The van der Waals surface area contributed by atoms with Gasteiger partial charge in [0.05, 0.1) is 12.6 Å². The van der Waals surface area contributed by atoms with Gasteiger partial charge in [0, 0.05) is 0 Å². The second-order valence-electron chi connectivity index (χ2n) is 6.59. The van der Waals surface area contributed by atoms with Crippen molar-refractivity contribution in [2.75, 3.05) is 20.3 Å². The van der Waals surface area contributed by atoms with Gasteiger partial charge in [-0.05, 0) is 31.1 Å². The minimum absolute atomic E-state index is 0.0535. The van der Waals surface area contributed by atoms with Crippen molar-refractivity contribution in [2.45, 2.75) is 38.5 Å². The SMILES string of the molecule is CCCCCCN(C)CNC(=O)C(c1ccccc1)c1ccccc1. The molecule has 0 unspecified atom stereocenters. The van der Waals surface area contributed by atoms with Crippen LogP contribution >= 0.6 is 0 Å². The molecular formula is C22H30N2O. The number of nitrogens with one attached hydrogen (secondary N) is 1. The molecule has 0 spiro atoms. The van der Waals surface area contributed by atoms with Crippen molar-refractivity contribution < 1.29 is 4.79 Å². The van der Waals surface area contributed by atoms with E-state index < -0.39 is 0 Å². The van der Waals surface area contributed by atoms with Gasteiger partial charge in [-0.3, -0.25) is 9.69 Å². The molecule has 0 fully saturated rings. The molecule has 0 aliphatic carbocycles. The zero-order valence-corrected chi connectivity index (χ0v) is 15.4. The van der Waals surface area contributed by atoms with Crippen molar-refractivity contribution in [3.05, 3.63) is 71.8 Å². The summed E-state index contributed by atoms with van der Waals surface area (Å²) in [6.07, 6.45) is 4.97. The largest absolute Gasteiger partial charge is 0.343 e. The lowest BCUT2D eigenvalue weighted by Gasteiger charge is -2.21. The molecule has 134 valence electrons. The third-order valence-electron chi connectivity index (χ3n) is 4.44. The van der Waals surface area contributed by atoms with Crippen LogP contribution in [0.2, 0.25) is 0 Å². The number of benzene rings is 2. The van der Waals surface area contributed by atoms with Gasteiger partial charge in [-0.15, -0.1) is 0 Å². The van der Waals surface area contributed by atoms with Gasteiger partial charge in [0.25, 0.3) is 0 Å². The third kappa shape index (κ3) is 6.35. The summed E-state index contributed by atoms with van der Waals surface area (Å²) in [5.41, 5.74) is 2.05. The second-order valence-corrected chi connectivity index (χ2v) is 6.59. The molecule has 3 nitrogen and oxygen atoms in total. The topological polar surface area (TPSA) is 32.3 Å². The first-order chi connectivity index (χ1) is 12.2. The van der Waals surface area contributed by atoms with E-state index in [1.807, 2.05) is 60.7 Å². The lowest BCUT2D eigenvalue weighted by molar-refractivity contribution is -0.122. The highest BCUT2D eigenvalue weighted by Gasteiger charge is 2.22. The first-order valence-corrected chi connectivity index (χ1v) is 9.28. The van der Waals surface area contributed by atoms with Crippen molar-refractivity contribution in [1.82, 2.24) is 10.2 Å². The summed E-state index contributed by atoms with van der Waals surface area (Å²) in [6, 6.07) is 20.0. The molecule has 2 rings (SSSR count). The molecular weight excluding hydrogens is 308 g/mol. The van der Waals surface area contributed by atoms with E-state index in [1.165, 1.54) is 25.7 Å². The fraction of sp³-hybridized carbons (Fsp3) is 0.409. The summed E-state index contributed by atoms with van der Waals surface area (Å²) in [6.45, 7) is 3.82. The lowest BCUT2D eigenvalue weighted by Crippen LogP contribution is -2.38. The van der Waals surface area contributed by atoms with Crippen LogP contribution in [0, 0.1) is 0 Å². The van der Waals surface area contributed by atoms with Crippen molar-refractivity contribution in [1.29, 1.82) is 0 Å². The highest BCUT2D eigenvalue weighted by Crippen LogP contribution is 2.24. The van der Waals surface area contributed by atoms with Gasteiger partial charge < -0.3 is 5.32 Å². The minimum atomic E-state index is -0.268. The summed E-state index contributed by atoms with van der Waals surface area (Å²) >= 11 is 0. The van der Waals surface area contributed by atoms with Gasteiger partial charge in [-0.2, -0.15) is 0 Å². The van der Waals surface area contributed by atoms with Gasteiger partial charge in [-0.25, -0.2) is 0 Å². The zero-order chi connectivity index (χ0) is 17.9. The molecule has 1 N–H and O–H groups in total. The Kier molecular flexibility index (Phi) is 8.20. The van der Waals surface area contributed by atoms with E-state index in [4.69, 9.17) is 0 Å². The zero-order valence-electron chi connectivity index (χ0n) is 15.4. The number of unbranched alkanes of at least 4 members (excludes halogenated alkanes) is 3. The number of nitrogens with zero attached hydrogens (tertiary/aromatic N) is 1. The van der Waals surface area contributed by atoms with Crippen LogP contribution in [-0.4, -0.2) is 31.1 Å². The first-order valence-electron chi connectivity index (χ1n) is 9.28. The Hall–Kier alpha value is -2.13. The van der Waals surface area contributed by atoms with Crippen molar-refractivity contribution in [3.8, 4) is 0 Å². The average molecular weight is 338 g/mol. The maximum atomic E-state index is 12.9. The number of hydrogen-bond acceptors (Lipinski definition) is 2. The molecule has 25 heavy (non-hydrogen) atoms. The van der Waals surface area contributed by atoms with Crippen molar-refractivity contribution in [3.63, 3.8) is 0 Å². The van der Waals surface area contributed by atoms with E-state index in [1.54, 1.807) is 0 Å². The standard InChI is InChI=1S/C22H30N2O/c1-3-4-5-12-17-24(2)18-23-22(25)21(19-13-8-6-9-14-19)20-15-10-7-11-16-20/h6-11,13-16,21H,3-5,12,17-18H2,1-2H3,(H,23,25). The molecule has 0 aliphatic heterocycles. The van der Waals surface area contributed by atoms with Crippen LogP contribution < -0.4 is 5.32 Å². The number of carbonyl (C=O) groups is 1. The lowest BCUT2D eigenvalue weighted by atomic mass is 9.90. The molecule has 0 aliphatic rings. The molecule has 3 heteroatoms. The monoisotopic (exact) mass is 338 g/mol. The van der Waals surface area contributed by atoms with Crippen LogP contribution in [0.4, 0.5) is 0 Å². The van der Waals surface area contributed by atoms with Gasteiger partial charge >= 0.3 is 0 Å². The summed E-state index contributed by atoms with van der Waals surface area (Å²) in [5, 5.41) is 3.11. The van der Waals surface area contributed by atoms with Crippen LogP contribution in [-0.2, 0) is 4.79 Å². The Bertz CT molecular complexity index is 573. The van der Waals surface area contributed by atoms with E-state index >= 15 is 0 Å². The van der Waals surface area contributed by atoms with Gasteiger partial charge in [-0.1, -0.05) is 86.8 Å². The third-order valence-corrected chi connectivity index (χ3v) is 4.44. The normalized spacial score (nSPS) is 11.0. The summed E-state index contributed by atoms with van der Waals surface area (Å²) < 4.78 is 0. The van der Waals surface area contributed by atoms with Gasteiger partial charge in [0.1, 0.15) is 0 Å². The smallest absolute Gasteiger partial charge is 0.233 e. The summed E-state index contributed by atoms with van der Waals surface area (Å²) in [5.74, 6) is -0.214. The van der Waals surface area contributed by atoms with Crippen molar-refractivity contribution >= 4 is 5.91 Å². The predicted octanol–water partition coefficient (Wildman–Crippen LogP) is 4.40. The van der Waals surface area contributed by atoms with Crippen LogP contribution in [0.15, 0.2) is 60.7 Å². The Labute approximate surface area is 152 Å². The number of amides is 1. The molecule has 0 bridgehead atoms. The maximum absolute atomic E-state index is 12.9. The minimum Gasteiger partial charge on any atom is -0.343 e. The van der Waals surface area contributed by atoms with E-state index in [2.05, 4.69) is 24.2 Å². The number of rotatable bonds is 10. The first kappa shape index (κ1) is 19.2. The highest BCUT2D eigenvalue weighted by molar-refractivity contribution is 5.87. The fourth-order valence-corrected chi connectivity index (χ4v) is 2.99. The summed E-state index contributed by atoms with van der Waals surface area (Å²) in [7, 11) is 2.06. The molecule has 0 atom stereocenters. The van der Waals surface area contributed by atoms with Crippen LogP contribution in [0.5, 0.6) is 0 Å². The molecule has 1 amide bonds. The highest BCUT2D eigenvalue weighted by atomic mass is 16.2. The fourth-order valence-electron chi connectivity index (χ4n) is 2.99. The predicted molar refractivity (Wildman–Crippen MR) is 105 cm³/mol. The molecule has 0 heterocycles. The van der Waals surface area contributed by atoms with E-state index in [0.29, 0.717) is 6.67 Å². The van der Waals surface area contributed by atoms with E-state index in [0.717, 1.165) is 17.7 Å². The Morgan fingerprint density at radius 3 is 2.00 bits per heavy atom. The summed E-state index contributed by atoms with van der Waals surface area (Å²) in [4.78, 5) is 15.1. The van der Waals surface area contributed by atoms with E-state index in [-0.39, 0.29) is 11.8 Å². The number of hydrogen-bond donors (Lipinski definition) is 1. The Morgan fingerprint density at radius 2 is 1.48 bits per heavy atom. The molecule has 2 aromatic carbocycles. The van der Waals surface area contributed by atoms with Gasteiger partial charge in [0.15, 0.2) is 0 Å². The second kappa shape index (κ2) is 10.7. The Balaban J connectivity index is 1.97. The molecule has 0 saturated heterocycles.